The van der Waals surface area contributed by atoms with Crippen LogP contribution in [0.25, 0.3) is 0 Å². The zero-order chi connectivity index (χ0) is 16.3. The minimum absolute atomic E-state index is 0.117. The van der Waals surface area contributed by atoms with Gasteiger partial charge in [0.1, 0.15) is 6.10 Å². The first-order valence-electron chi connectivity index (χ1n) is 8.10. The first-order chi connectivity index (χ1) is 11.0. The fraction of sp³-hybridized carbons (Fsp3) is 0.625. The summed E-state index contributed by atoms with van der Waals surface area (Å²) in [5.41, 5.74) is 1.03. The van der Waals surface area contributed by atoms with E-state index in [-0.39, 0.29) is 18.8 Å². The lowest BCUT2D eigenvalue weighted by molar-refractivity contribution is -0.194. The SMILES string of the molecule is O=S(=O)(O)NCC[C@@H]1OC2(CCCCC2)O[C@H]1c1ccccc1. The largest absolute Gasteiger partial charge is 0.344 e. The van der Waals surface area contributed by atoms with E-state index >= 15 is 0 Å². The van der Waals surface area contributed by atoms with Gasteiger partial charge in [-0.3, -0.25) is 4.55 Å². The van der Waals surface area contributed by atoms with Gasteiger partial charge in [-0.2, -0.15) is 13.1 Å². The van der Waals surface area contributed by atoms with Crippen LogP contribution in [0.5, 0.6) is 0 Å². The van der Waals surface area contributed by atoms with E-state index in [9.17, 15) is 8.42 Å². The second-order valence-electron chi connectivity index (χ2n) is 6.23. The molecule has 1 heterocycles. The minimum atomic E-state index is -4.18. The van der Waals surface area contributed by atoms with Gasteiger partial charge in [0.25, 0.3) is 0 Å². The summed E-state index contributed by atoms with van der Waals surface area (Å²) < 4.78 is 45.1. The van der Waals surface area contributed by atoms with Gasteiger partial charge in [0, 0.05) is 19.4 Å². The van der Waals surface area contributed by atoms with Gasteiger partial charge in [-0.15, -0.1) is 0 Å². The maximum atomic E-state index is 10.8. The molecule has 128 valence electrons. The Morgan fingerprint density at radius 1 is 1.13 bits per heavy atom. The summed E-state index contributed by atoms with van der Waals surface area (Å²) in [4.78, 5) is 0. The Hall–Kier alpha value is -0.990. The highest BCUT2D eigenvalue weighted by atomic mass is 32.2. The fourth-order valence-electron chi connectivity index (χ4n) is 3.46. The summed E-state index contributed by atoms with van der Waals surface area (Å²) in [5.74, 6) is -0.540. The van der Waals surface area contributed by atoms with E-state index in [1.54, 1.807) is 0 Å². The van der Waals surface area contributed by atoms with E-state index < -0.39 is 16.1 Å². The predicted molar refractivity (Wildman–Crippen MR) is 85.1 cm³/mol. The highest BCUT2D eigenvalue weighted by Crippen LogP contribution is 2.46. The molecule has 0 unspecified atom stereocenters. The van der Waals surface area contributed by atoms with E-state index in [4.69, 9.17) is 14.0 Å². The van der Waals surface area contributed by atoms with Crippen molar-refractivity contribution in [1.82, 2.24) is 4.72 Å². The average molecular weight is 341 g/mol. The summed E-state index contributed by atoms with van der Waals surface area (Å²) in [5, 5.41) is 0. The van der Waals surface area contributed by atoms with Crippen LogP contribution in [-0.4, -0.2) is 31.4 Å². The molecule has 1 aliphatic carbocycles. The Morgan fingerprint density at radius 2 is 1.83 bits per heavy atom. The van der Waals surface area contributed by atoms with Crippen molar-refractivity contribution in [2.45, 2.75) is 56.5 Å². The lowest BCUT2D eigenvalue weighted by Gasteiger charge is -2.32. The van der Waals surface area contributed by atoms with E-state index in [1.807, 2.05) is 30.3 Å². The summed E-state index contributed by atoms with van der Waals surface area (Å²) >= 11 is 0. The second-order valence-corrected chi connectivity index (χ2v) is 7.47. The Bertz CT molecular complexity index is 613. The third-order valence-electron chi connectivity index (χ3n) is 4.50. The molecule has 2 fully saturated rings. The number of nitrogens with one attached hydrogen (secondary N) is 1. The number of ether oxygens (including phenoxy) is 2. The Morgan fingerprint density at radius 3 is 2.48 bits per heavy atom. The predicted octanol–water partition coefficient (Wildman–Crippen LogP) is 2.59. The number of hydrogen-bond donors (Lipinski definition) is 2. The molecule has 0 bridgehead atoms. The molecule has 2 atom stereocenters. The Kier molecular flexibility index (Phi) is 5.03. The second kappa shape index (κ2) is 6.86. The van der Waals surface area contributed by atoms with Crippen molar-refractivity contribution in [2.75, 3.05) is 6.54 Å². The maximum absolute atomic E-state index is 10.8. The Balaban J connectivity index is 1.73. The molecule has 7 heteroatoms. The molecule has 1 saturated heterocycles. The highest BCUT2D eigenvalue weighted by Gasteiger charge is 2.48. The van der Waals surface area contributed by atoms with Gasteiger partial charge in [0.05, 0.1) is 6.10 Å². The van der Waals surface area contributed by atoms with E-state index in [0.717, 1.165) is 31.2 Å². The fourth-order valence-corrected chi connectivity index (χ4v) is 3.84. The average Bonchev–Trinajstić information content (AvgIpc) is 2.86. The molecule has 6 nitrogen and oxygen atoms in total. The molecule has 3 rings (SSSR count). The van der Waals surface area contributed by atoms with Gasteiger partial charge in [0.2, 0.25) is 0 Å². The molecule has 1 aromatic rings. The van der Waals surface area contributed by atoms with Crippen LogP contribution in [0, 0.1) is 0 Å². The summed E-state index contributed by atoms with van der Waals surface area (Å²) in [6.07, 6.45) is 5.11. The molecular formula is C16H23NO5S. The molecule has 1 aromatic carbocycles. The molecule has 1 saturated carbocycles. The van der Waals surface area contributed by atoms with Gasteiger partial charge < -0.3 is 9.47 Å². The maximum Gasteiger partial charge on any atom is 0.333 e. The van der Waals surface area contributed by atoms with Crippen LogP contribution in [0.3, 0.4) is 0 Å². The van der Waals surface area contributed by atoms with Crippen molar-refractivity contribution >= 4 is 10.3 Å². The van der Waals surface area contributed by atoms with E-state index in [1.165, 1.54) is 6.42 Å². The van der Waals surface area contributed by atoms with Crippen molar-refractivity contribution in [1.29, 1.82) is 0 Å². The molecular weight excluding hydrogens is 318 g/mol. The van der Waals surface area contributed by atoms with Crippen LogP contribution < -0.4 is 4.72 Å². The third-order valence-corrected chi connectivity index (χ3v) is 5.07. The van der Waals surface area contributed by atoms with Crippen molar-refractivity contribution in [3.63, 3.8) is 0 Å². The zero-order valence-electron chi connectivity index (χ0n) is 13.0. The quantitative estimate of drug-likeness (QED) is 0.804. The van der Waals surface area contributed by atoms with Crippen molar-refractivity contribution in [3.05, 3.63) is 35.9 Å². The molecule has 2 aliphatic rings. The van der Waals surface area contributed by atoms with Crippen LogP contribution in [0.4, 0.5) is 0 Å². The Labute approximate surface area is 137 Å². The van der Waals surface area contributed by atoms with Gasteiger partial charge in [-0.05, 0) is 24.8 Å². The molecule has 2 N–H and O–H groups in total. The molecule has 1 aliphatic heterocycles. The lowest BCUT2D eigenvalue weighted by atomic mass is 9.94. The van der Waals surface area contributed by atoms with Crippen LogP contribution >= 0.6 is 0 Å². The summed E-state index contributed by atoms with van der Waals surface area (Å²) in [7, 11) is -4.18. The zero-order valence-corrected chi connectivity index (χ0v) is 13.8. The topological polar surface area (TPSA) is 84.9 Å². The first-order valence-corrected chi connectivity index (χ1v) is 9.54. The molecule has 0 aromatic heterocycles. The third kappa shape index (κ3) is 4.30. The van der Waals surface area contributed by atoms with Crippen molar-refractivity contribution in [2.24, 2.45) is 0 Å². The van der Waals surface area contributed by atoms with E-state index in [0.29, 0.717) is 6.42 Å². The summed E-state index contributed by atoms with van der Waals surface area (Å²) in [6, 6.07) is 9.86. The first kappa shape index (κ1) is 16.9. The van der Waals surface area contributed by atoms with Crippen molar-refractivity contribution < 1.29 is 22.4 Å². The van der Waals surface area contributed by atoms with Gasteiger partial charge in [-0.1, -0.05) is 36.8 Å². The summed E-state index contributed by atoms with van der Waals surface area (Å²) in [6.45, 7) is 0.117. The smallest absolute Gasteiger partial charge is 0.333 e. The van der Waals surface area contributed by atoms with Gasteiger partial charge >= 0.3 is 10.3 Å². The minimum Gasteiger partial charge on any atom is -0.344 e. The number of rotatable bonds is 5. The van der Waals surface area contributed by atoms with Crippen LogP contribution in [-0.2, 0) is 19.8 Å². The molecule has 0 radical (unpaired) electrons. The van der Waals surface area contributed by atoms with Crippen LogP contribution in [0.2, 0.25) is 0 Å². The number of hydrogen-bond acceptors (Lipinski definition) is 4. The monoisotopic (exact) mass is 341 g/mol. The highest BCUT2D eigenvalue weighted by molar-refractivity contribution is 7.83. The standard InChI is InChI=1S/C16H23NO5S/c18-23(19,20)17-12-9-14-15(13-7-3-1-4-8-13)22-16(21-14)10-5-2-6-11-16/h1,3-4,7-8,14-15,17H,2,5-6,9-12H2,(H,18,19,20)/t14-,15-/m0/s1. The van der Waals surface area contributed by atoms with Crippen molar-refractivity contribution in [3.8, 4) is 0 Å². The normalized spacial score (nSPS) is 27.3. The van der Waals surface area contributed by atoms with Crippen LogP contribution in [0.1, 0.15) is 50.2 Å². The van der Waals surface area contributed by atoms with Gasteiger partial charge in [-0.25, -0.2) is 0 Å². The van der Waals surface area contributed by atoms with Crippen LogP contribution in [0.15, 0.2) is 30.3 Å². The molecule has 1 spiro atoms. The molecule has 0 amide bonds. The van der Waals surface area contributed by atoms with E-state index in [2.05, 4.69) is 4.72 Å². The lowest BCUT2D eigenvalue weighted by Crippen LogP contribution is -2.34. The molecule has 23 heavy (non-hydrogen) atoms. The van der Waals surface area contributed by atoms with Gasteiger partial charge in [0.15, 0.2) is 5.79 Å². The number of benzene rings is 1.